The lowest BCUT2D eigenvalue weighted by Crippen LogP contribution is -2.42. The number of para-hydroxylation sites is 1. The van der Waals surface area contributed by atoms with E-state index in [1.54, 1.807) is 25.3 Å². The summed E-state index contributed by atoms with van der Waals surface area (Å²) in [5.74, 6) is 0.248. The van der Waals surface area contributed by atoms with Crippen molar-refractivity contribution in [2.24, 2.45) is 5.92 Å². The molecular weight excluding hydrogens is 314 g/mol. The first-order chi connectivity index (χ1) is 11.1. The lowest BCUT2D eigenvalue weighted by molar-refractivity contribution is -0.123. The molecule has 1 fully saturated rings. The third kappa shape index (κ3) is 3.51. The minimum absolute atomic E-state index is 0.00112. The first-order valence-electron chi connectivity index (χ1n) is 7.60. The van der Waals surface area contributed by atoms with Crippen LogP contribution in [0.4, 0.5) is 0 Å². The predicted molar refractivity (Wildman–Crippen MR) is 89.9 cm³/mol. The summed E-state index contributed by atoms with van der Waals surface area (Å²) in [6.07, 6.45) is 2.20. The number of hydrogen-bond acceptors (Lipinski definition) is 4. The fourth-order valence-corrected chi connectivity index (χ4v) is 2.97. The third-order valence-electron chi connectivity index (χ3n) is 4.07. The summed E-state index contributed by atoms with van der Waals surface area (Å²) < 4.78 is 6.70. The highest BCUT2D eigenvalue weighted by molar-refractivity contribution is 7.71. The number of amides is 1. The summed E-state index contributed by atoms with van der Waals surface area (Å²) >= 11 is 5.22. The second-order valence-corrected chi connectivity index (χ2v) is 6.22. The number of hydrogen-bond donors (Lipinski definition) is 2. The molecule has 0 radical (unpaired) electrons. The number of fused-ring (bicyclic) bond motifs is 1. The molecule has 1 atom stereocenters. The monoisotopic (exact) mass is 333 g/mol. The van der Waals surface area contributed by atoms with Crippen molar-refractivity contribution < 1.29 is 9.53 Å². The van der Waals surface area contributed by atoms with Gasteiger partial charge in [0.1, 0.15) is 6.54 Å². The van der Waals surface area contributed by atoms with Crippen molar-refractivity contribution >= 4 is 29.0 Å². The van der Waals surface area contributed by atoms with Gasteiger partial charge >= 0.3 is 0 Å². The van der Waals surface area contributed by atoms with Gasteiger partial charge in [-0.15, -0.1) is 0 Å². The number of ether oxygens (including phenoxy) is 1. The number of benzene rings is 1. The molecule has 0 saturated heterocycles. The number of methoxy groups -OCH3 is 1. The molecule has 0 bridgehead atoms. The van der Waals surface area contributed by atoms with E-state index in [-0.39, 0.29) is 28.8 Å². The van der Waals surface area contributed by atoms with Gasteiger partial charge in [0.05, 0.1) is 23.6 Å². The van der Waals surface area contributed by atoms with Crippen molar-refractivity contribution in [3.63, 3.8) is 0 Å². The van der Waals surface area contributed by atoms with E-state index in [2.05, 4.69) is 10.3 Å². The van der Waals surface area contributed by atoms with Crippen LogP contribution in [-0.2, 0) is 16.1 Å². The number of carbonyl (C=O) groups excluding carboxylic acids is 1. The molecule has 1 aromatic heterocycles. The van der Waals surface area contributed by atoms with Crippen LogP contribution in [0.15, 0.2) is 29.1 Å². The van der Waals surface area contributed by atoms with E-state index in [9.17, 15) is 9.59 Å². The summed E-state index contributed by atoms with van der Waals surface area (Å²) in [5.41, 5.74) is 0.420. The van der Waals surface area contributed by atoms with Crippen LogP contribution in [-0.4, -0.2) is 35.2 Å². The van der Waals surface area contributed by atoms with Crippen LogP contribution in [0.25, 0.3) is 10.9 Å². The molecule has 1 saturated carbocycles. The largest absolute Gasteiger partial charge is 0.383 e. The Morgan fingerprint density at radius 2 is 2.22 bits per heavy atom. The number of carbonyl (C=O) groups is 1. The molecule has 1 amide bonds. The van der Waals surface area contributed by atoms with Crippen LogP contribution in [0.2, 0.25) is 0 Å². The van der Waals surface area contributed by atoms with Crippen LogP contribution >= 0.6 is 12.2 Å². The molecule has 7 heteroatoms. The lowest BCUT2D eigenvalue weighted by Gasteiger charge is -2.17. The van der Waals surface area contributed by atoms with Gasteiger partial charge in [-0.05, 0) is 43.1 Å². The zero-order valence-electron chi connectivity index (χ0n) is 12.9. The number of aromatic nitrogens is 2. The molecule has 0 aliphatic heterocycles. The van der Waals surface area contributed by atoms with Crippen LogP contribution < -0.4 is 10.9 Å². The second-order valence-electron chi connectivity index (χ2n) is 5.83. The molecule has 6 nitrogen and oxygen atoms in total. The highest BCUT2D eigenvalue weighted by Crippen LogP contribution is 2.32. The molecule has 3 rings (SSSR count). The normalized spacial score (nSPS) is 15.5. The molecule has 2 N–H and O–H groups in total. The van der Waals surface area contributed by atoms with Gasteiger partial charge in [0.2, 0.25) is 5.91 Å². The van der Waals surface area contributed by atoms with Crippen LogP contribution in [0, 0.1) is 10.7 Å². The van der Waals surface area contributed by atoms with Gasteiger partial charge in [0, 0.05) is 7.11 Å². The molecule has 1 aliphatic carbocycles. The topological polar surface area (TPSA) is 76.1 Å². The summed E-state index contributed by atoms with van der Waals surface area (Å²) in [7, 11) is 1.62. The van der Waals surface area contributed by atoms with E-state index in [0.29, 0.717) is 23.4 Å². The molecule has 23 heavy (non-hydrogen) atoms. The Morgan fingerprint density at radius 3 is 2.91 bits per heavy atom. The Labute approximate surface area is 138 Å². The number of aromatic amines is 1. The number of H-pyrrole nitrogens is 1. The Morgan fingerprint density at radius 1 is 1.48 bits per heavy atom. The highest BCUT2D eigenvalue weighted by atomic mass is 32.1. The van der Waals surface area contributed by atoms with Gasteiger partial charge < -0.3 is 15.0 Å². The molecule has 0 unspecified atom stereocenters. The van der Waals surface area contributed by atoms with E-state index in [0.717, 1.165) is 12.8 Å². The van der Waals surface area contributed by atoms with E-state index in [1.165, 1.54) is 4.57 Å². The maximum absolute atomic E-state index is 12.5. The highest BCUT2D eigenvalue weighted by Gasteiger charge is 2.32. The van der Waals surface area contributed by atoms with Crippen molar-refractivity contribution in [2.75, 3.05) is 13.7 Å². The first-order valence-corrected chi connectivity index (χ1v) is 8.01. The molecule has 1 aliphatic rings. The maximum Gasteiger partial charge on any atom is 0.262 e. The first kappa shape index (κ1) is 15.9. The van der Waals surface area contributed by atoms with Crippen molar-refractivity contribution in [3.8, 4) is 0 Å². The van der Waals surface area contributed by atoms with Gasteiger partial charge in [-0.1, -0.05) is 12.1 Å². The van der Waals surface area contributed by atoms with E-state index in [4.69, 9.17) is 17.0 Å². The number of nitrogens with one attached hydrogen (secondary N) is 2. The summed E-state index contributed by atoms with van der Waals surface area (Å²) in [5, 5.41) is 3.47. The van der Waals surface area contributed by atoms with Crippen molar-refractivity contribution in [2.45, 2.75) is 25.4 Å². The Hall–Kier alpha value is -1.99. The minimum Gasteiger partial charge on any atom is -0.383 e. The van der Waals surface area contributed by atoms with E-state index < -0.39 is 0 Å². The Bertz CT molecular complexity index is 838. The molecule has 2 aromatic rings. The molecule has 1 aromatic carbocycles. The zero-order valence-corrected chi connectivity index (χ0v) is 13.7. The van der Waals surface area contributed by atoms with Crippen molar-refractivity contribution in [3.05, 3.63) is 39.4 Å². The van der Waals surface area contributed by atoms with Gasteiger partial charge in [-0.25, -0.2) is 0 Å². The Balaban J connectivity index is 1.82. The molecular formula is C16H19N3O3S. The summed E-state index contributed by atoms with van der Waals surface area (Å²) in [6, 6.07) is 7.12. The van der Waals surface area contributed by atoms with Crippen molar-refractivity contribution in [1.29, 1.82) is 0 Å². The number of nitrogens with zero attached hydrogens (tertiary/aromatic N) is 1. The van der Waals surface area contributed by atoms with Crippen molar-refractivity contribution in [1.82, 2.24) is 14.9 Å². The van der Waals surface area contributed by atoms with Gasteiger partial charge in [-0.2, -0.15) is 0 Å². The zero-order chi connectivity index (χ0) is 16.4. The third-order valence-corrected chi connectivity index (χ3v) is 4.40. The van der Waals surface area contributed by atoms with Crippen LogP contribution in [0.3, 0.4) is 0 Å². The molecule has 122 valence electrons. The lowest BCUT2D eigenvalue weighted by atomic mass is 10.2. The maximum atomic E-state index is 12.5. The van der Waals surface area contributed by atoms with Gasteiger partial charge in [0.25, 0.3) is 5.56 Å². The smallest absolute Gasteiger partial charge is 0.262 e. The number of rotatable bonds is 6. The average Bonchev–Trinajstić information content (AvgIpc) is 3.36. The van der Waals surface area contributed by atoms with E-state index in [1.807, 2.05) is 6.07 Å². The predicted octanol–water partition coefficient (Wildman–Crippen LogP) is 1.60. The summed E-state index contributed by atoms with van der Waals surface area (Å²) in [4.78, 5) is 27.8. The van der Waals surface area contributed by atoms with Gasteiger partial charge in [-0.3, -0.25) is 14.2 Å². The average molecular weight is 333 g/mol. The molecule has 1 heterocycles. The SMILES string of the molecule is COC[C@@H](NC(=O)Cn1c(=S)[nH]c2ccccc2c1=O)C1CC1. The Kier molecular flexibility index (Phi) is 4.58. The quantitative estimate of drug-likeness (QED) is 0.787. The van der Waals surface area contributed by atoms with E-state index >= 15 is 0 Å². The molecule has 0 spiro atoms. The summed E-state index contributed by atoms with van der Waals surface area (Å²) in [6.45, 7) is 0.391. The second kappa shape index (κ2) is 6.64. The fraction of sp³-hybridized carbons (Fsp3) is 0.438. The standard InChI is InChI=1S/C16H19N3O3S/c1-22-9-13(10-6-7-10)17-14(20)8-19-15(21)11-4-2-3-5-12(11)18-16(19)23/h2-5,10,13H,6-9H2,1H3,(H,17,20)(H,18,23)/t13-/m1/s1. The minimum atomic E-state index is -0.255. The van der Waals surface area contributed by atoms with Crippen LogP contribution in [0.5, 0.6) is 0 Å². The van der Waals surface area contributed by atoms with Crippen LogP contribution in [0.1, 0.15) is 12.8 Å². The fourth-order valence-electron chi connectivity index (χ4n) is 2.71. The van der Waals surface area contributed by atoms with Gasteiger partial charge in [0.15, 0.2) is 4.77 Å².